The van der Waals surface area contributed by atoms with Gasteiger partial charge in [-0.15, -0.1) is 0 Å². The van der Waals surface area contributed by atoms with E-state index in [1.54, 1.807) is 6.07 Å². The number of carbonyl (C=O) groups excluding carboxylic acids is 2. The summed E-state index contributed by atoms with van der Waals surface area (Å²) in [6.45, 7) is 2.10. The van der Waals surface area contributed by atoms with E-state index < -0.39 is 0 Å². The second-order valence-corrected chi connectivity index (χ2v) is 4.69. The van der Waals surface area contributed by atoms with E-state index in [9.17, 15) is 9.59 Å². The lowest BCUT2D eigenvalue weighted by Gasteiger charge is -2.07. The minimum absolute atomic E-state index is 0.271. The third-order valence-electron chi connectivity index (χ3n) is 2.73. The smallest absolute Gasteiger partial charge is 0.259 e. The van der Waals surface area contributed by atoms with Gasteiger partial charge in [0.05, 0.1) is 11.1 Å². The van der Waals surface area contributed by atoms with E-state index in [0.717, 1.165) is 29.3 Å². The van der Waals surface area contributed by atoms with Crippen LogP contribution in [0.25, 0.3) is 0 Å². The van der Waals surface area contributed by atoms with Crippen molar-refractivity contribution in [3.05, 3.63) is 33.3 Å². The molecule has 1 aliphatic rings. The molecule has 3 nitrogen and oxygen atoms in total. The van der Waals surface area contributed by atoms with Crippen molar-refractivity contribution in [1.29, 1.82) is 0 Å². The number of rotatable bonds is 3. The summed E-state index contributed by atoms with van der Waals surface area (Å²) in [7, 11) is 0. The van der Waals surface area contributed by atoms with Crippen LogP contribution in [0.15, 0.2) is 16.6 Å². The van der Waals surface area contributed by atoms with Crippen LogP contribution in [-0.2, 0) is 6.42 Å². The summed E-state index contributed by atoms with van der Waals surface area (Å²) in [6, 6.07) is 3.52. The molecule has 0 radical (unpaired) electrons. The van der Waals surface area contributed by atoms with E-state index in [1.165, 1.54) is 0 Å². The summed E-state index contributed by atoms with van der Waals surface area (Å²) in [5.41, 5.74) is 2.00. The van der Waals surface area contributed by atoms with Crippen molar-refractivity contribution in [1.82, 2.24) is 5.32 Å². The van der Waals surface area contributed by atoms with Crippen molar-refractivity contribution >= 4 is 27.7 Å². The minimum Gasteiger partial charge on any atom is -0.288 e. The number of carbonyl (C=O) groups is 2. The Morgan fingerprint density at radius 1 is 1.25 bits per heavy atom. The fraction of sp³-hybridized carbons (Fsp3) is 0.333. The highest BCUT2D eigenvalue weighted by molar-refractivity contribution is 9.10. The fourth-order valence-corrected chi connectivity index (χ4v) is 2.43. The van der Waals surface area contributed by atoms with Gasteiger partial charge in [0, 0.05) is 4.47 Å². The Balaban J connectivity index is 2.51. The summed E-state index contributed by atoms with van der Waals surface area (Å²) in [5, 5.41) is 2.33. The van der Waals surface area contributed by atoms with Crippen LogP contribution < -0.4 is 5.32 Å². The molecule has 1 N–H and O–H groups in total. The molecule has 1 aromatic carbocycles. The van der Waals surface area contributed by atoms with Gasteiger partial charge >= 0.3 is 0 Å². The van der Waals surface area contributed by atoms with Crippen molar-refractivity contribution in [3.63, 3.8) is 0 Å². The number of hydrogen-bond acceptors (Lipinski definition) is 2. The fourth-order valence-electron chi connectivity index (χ4n) is 1.90. The van der Waals surface area contributed by atoms with Gasteiger partial charge in [-0.2, -0.15) is 0 Å². The van der Waals surface area contributed by atoms with Gasteiger partial charge in [0.1, 0.15) is 0 Å². The Morgan fingerprint density at radius 3 is 2.69 bits per heavy atom. The maximum Gasteiger partial charge on any atom is 0.259 e. The Kier molecular flexibility index (Phi) is 3.10. The van der Waals surface area contributed by atoms with Crippen LogP contribution in [0, 0.1) is 0 Å². The molecule has 0 bridgehead atoms. The maximum atomic E-state index is 11.7. The SMILES string of the molecule is CCCCc1c(Br)ccc2c1C(=O)NC2=O. The molecular weight excluding hydrogens is 270 g/mol. The number of nitrogens with one attached hydrogen (secondary N) is 1. The van der Waals surface area contributed by atoms with E-state index >= 15 is 0 Å². The molecule has 2 amide bonds. The largest absolute Gasteiger partial charge is 0.288 e. The van der Waals surface area contributed by atoms with E-state index in [2.05, 4.69) is 28.2 Å². The van der Waals surface area contributed by atoms with E-state index in [-0.39, 0.29) is 11.8 Å². The average molecular weight is 282 g/mol. The highest BCUT2D eigenvalue weighted by Gasteiger charge is 2.29. The summed E-state index contributed by atoms with van der Waals surface area (Å²) >= 11 is 3.44. The highest BCUT2D eigenvalue weighted by atomic mass is 79.9. The van der Waals surface area contributed by atoms with E-state index in [0.29, 0.717) is 11.1 Å². The molecule has 1 aromatic rings. The van der Waals surface area contributed by atoms with Crippen LogP contribution in [0.4, 0.5) is 0 Å². The lowest BCUT2D eigenvalue weighted by Crippen LogP contribution is -2.20. The first kappa shape index (κ1) is 11.3. The second-order valence-electron chi connectivity index (χ2n) is 3.84. The van der Waals surface area contributed by atoms with Gasteiger partial charge in [0.15, 0.2) is 0 Å². The Labute approximate surface area is 102 Å². The zero-order valence-electron chi connectivity index (χ0n) is 8.97. The third-order valence-corrected chi connectivity index (χ3v) is 3.48. The number of imide groups is 1. The average Bonchev–Trinajstić information content (AvgIpc) is 2.53. The molecule has 0 saturated carbocycles. The van der Waals surface area contributed by atoms with Gasteiger partial charge in [-0.25, -0.2) is 0 Å². The number of fused-ring (bicyclic) bond motifs is 1. The van der Waals surface area contributed by atoms with Crippen LogP contribution in [0.3, 0.4) is 0 Å². The molecule has 16 heavy (non-hydrogen) atoms. The van der Waals surface area contributed by atoms with Gasteiger partial charge in [-0.1, -0.05) is 29.3 Å². The van der Waals surface area contributed by atoms with Crippen molar-refractivity contribution in [3.8, 4) is 0 Å². The van der Waals surface area contributed by atoms with Gasteiger partial charge in [0.25, 0.3) is 11.8 Å². The van der Waals surface area contributed by atoms with E-state index in [4.69, 9.17) is 0 Å². The molecule has 0 saturated heterocycles. The quantitative estimate of drug-likeness (QED) is 0.866. The molecule has 0 atom stereocenters. The molecule has 84 valence electrons. The minimum atomic E-state index is -0.287. The van der Waals surface area contributed by atoms with Gasteiger partial charge in [-0.3, -0.25) is 14.9 Å². The maximum absolute atomic E-state index is 11.7. The van der Waals surface area contributed by atoms with Gasteiger partial charge in [0.2, 0.25) is 0 Å². The summed E-state index contributed by atoms with van der Waals surface area (Å²) in [5.74, 6) is -0.558. The first-order chi connectivity index (χ1) is 7.65. The van der Waals surface area contributed by atoms with Crippen molar-refractivity contribution in [2.24, 2.45) is 0 Å². The van der Waals surface area contributed by atoms with Gasteiger partial charge in [-0.05, 0) is 30.5 Å². The molecule has 0 aromatic heterocycles. The first-order valence-corrected chi connectivity index (χ1v) is 6.11. The van der Waals surface area contributed by atoms with Crippen LogP contribution in [0.5, 0.6) is 0 Å². The first-order valence-electron chi connectivity index (χ1n) is 5.32. The van der Waals surface area contributed by atoms with Crippen molar-refractivity contribution in [2.45, 2.75) is 26.2 Å². The zero-order valence-corrected chi connectivity index (χ0v) is 10.6. The number of hydrogen-bond donors (Lipinski definition) is 1. The molecule has 0 spiro atoms. The number of amides is 2. The summed E-state index contributed by atoms with van der Waals surface area (Å²) in [4.78, 5) is 23.1. The molecule has 0 unspecified atom stereocenters. The second kappa shape index (κ2) is 4.37. The van der Waals surface area contributed by atoms with Crippen molar-refractivity contribution in [2.75, 3.05) is 0 Å². The molecular formula is C12H12BrNO2. The third kappa shape index (κ3) is 1.78. The Morgan fingerprint density at radius 2 is 2.00 bits per heavy atom. The van der Waals surface area contributed by atoms with Crippen molar-refractivity contribution < 1.29 is 9.59 Å². The molecule has 0 fully saturated rings. The predicted molar refractivity (Wildman–Crippen MR) is 64.6 cm³/mol. The zero-order chi connectivity index (χ0) is 11.7. The summed E-state index contributed by atoms with van der Waals surface area (Å²) in [6.07, 6.45) is 2.89. The van der Waals surface area contributed by atoms with Crippen LogP contribution in [-0.4, -0.2) is 11.8 Å². The van der Waals surface area contributed by atoms with Crippen LogP contribution in [0.1, 0.15) is 46.0 Å². The normalized spacial score (nSPS) is 13.9. The highest BCUT2D eigenvalue weighted by Crippen LogP contribution is 2.28. The standard InChI is InChI=1S/C12H12BrNO2/c1-2-3-4-7-9(13)6-5-8-10(7)12(16)14-11(8)15/h5-6H,2-4H2,1H3,(H,14,15,16). The lowest BCUT2D eigenvalue weighted by atomic mass is 9.98. The molecule has 1 aliphatic heterocycles. The monoisotopic (exact) mass is 281 g/mol. The molecule has 1 heterocycles. The van der Waals surface area contributed by atoms with Crippen LogP contribution >= 0.6 is 15.9 Å². The summed E-state index contributed by atoms with van der Waals surface area (Å²) < 4.78 is 0.907. The molecule has 2 rings (SSSR count). The lowest BCUT2D eigenvalue weighted by molar-refractivity contribution is 0.0879. The molecule has 4 heteroatoms. The topological polar surface area (TPSA) is 46.2 Å². The predicted octanol–water partition coefficient (Wildman–Crippen LogP) is 2.68. The number of unbranched alkanes of at least 4 members (excludes halogenated alkanes) is 1. The van der Waals surface area contributed by atoms with Crippen LogP contribution in [0.2, 0.25) is 0 Å². The Bertz CT molecular complexity index is 468. The molecule has 0 aliphatic carbocycles. The number of benzene rings is 1. The van der Waals surface area contributed by atoms with Gasteiger partial charge < -0.3 is 0 Å². The number of halogens is 1. The Hall–Kier alpha value is -1.16. The van der Waals surface area contributed by atoms with E-state index in [1.807, 2.05) is 6.07 Å².